The fourth-order valence-electron chi connectivity index (χ4n) is 1.29. The lowest BCUT2D eigenvalue weighted by molar-refractivity contribution is 0.494. The van der Waals surface area contributed by atoms with Crippen LogP contribution in [0.2, 0.25) is 0 Å². The largest absolute Gasteiger partial charge is 0.328 e. The molecule has 2 N–H and O–H groups in total. The first-order valence-corrected chi connectivity index (χ1v) is 4.21. The molecule has 0 saturated heterocycles. The molecule has 0 aliphatic carbocycles. The fraction of sp³-hybridized carbons (Fsp3) is 0.400. The molecule has 1 aromatic rings. The first kappa shape index (κ1) is 10.1. The van der Waals surface area contributed by atoms with Crippen LogP contribution in [0.25, 0.3) is 0 Å². The summed E-state index contributed by atoms with van der Waals surface area (Å²) in [4.78, 5) is 0. The third kappa shape index (κ3) is 2.49. The molecule has 0 aliphatic heterocycles. The molecule has 0 aliphatic rings. The Hall–Kier alpha value is -0.960. The van der Waals surface area contributed by atoms with Crippen molar-refractivity contribution in [2.75, 3.05) is 0 Å². The molecule has 1 unspecified atom stereocenters. The topological polar surface area (TPSA) is 26.0 Å². The van der Waals surface area contributed by atoms with E-state index < -0.39 is 11.6 Å². The van der Waals surface area contributed by atoms with Crippen LogP contribution in [0.3, 0.4) is 0 Å². The molecule has 0 radical (unpaired) electrons. The lowest BCUT2D eigenvalue weighted by Gasteiger charge is -2.08. The second kappa shape index (κ2) is 3.83. The summed E-state index contributed by atoms with van der Waals surface area (Å²) >= 11 is 0. The van der Waals surface area contributed by atoms with Crippen molar-refractivity contribution in [3.05, 3.63) is 34.9 Å². The molecular formula is C10H13F2N. The average molecular weight is 185 g/mol. The molecule has 1 atom stereocenters. The van der Waals surface area contributed by atoms with Gasteiger partial charge in [0.25, 0.3) is 0 Å². The van der Waals surface area contributed by atoms with E-state index in [1.807, 2.05) is 0 Å². The van der Waals surface area contributed by atoms with E-state index in [-0.39, 0.29) is 6.04 Å². The minimum Gasteiger partial charge on any atom is -0.328 e. The zero-order valence-corrected chi connectivity index (χ0v) is 7.77. The Kier molecular flexibility index (Phi) is 2.98. The summed E-state index contributed by atoms with van der Waals surface area (Å²) in [7, 11) is 0. The van der Waals surface area contributed by atoms with Crippen molar-refractivity contribution < 1.29 is 8.78 Å². The number of nitrogens with two attached hydrogens (primary N) is 1. The highest BCUT2D eigenvalue weighted by molar-refractivity contribution is 5.26. The standard InChI is InChI=1S/C10H13F2N/c1-6-3-8(5-7(2)13)10(12)9(11)4-6/h3-4,7H,5,13H2,1-2H3. The van der Waals surface area contributed by atoms with E-state index in [2.05, 4.69) is 0 Å². The molecular weight excluding hydrogens is 172 g/mol. The predicted molar refractivity (Wildman–Crippen MR) is 48.4 cm³/mol. The Balaban J connectivity index is 3.05. The molecule has 0 amide bonds. The van der Waals surface area contributed by atoms with Gasteiger partial charge in [-0.25, -0.2) is 8.78 Å². The van der Waals surface area contributed by atoms with Crippen molar-refractivity contribution in [1.82, 2.24) is 0 Å². The van der Waals surface area contributed by atoms with E-state index in [1.54, 1.807) is 19.9 Å². The zero-order chi connectivity index (χ0) is 10.0. The summed E-state index contributed by atoms with van der Waals surface area (Å²) in [6.07, 6.45) is 0.366. The van der Waals surface area contributed by atoms with Crippen molar-refractivity contribution in [3.8, 4) is 0 Å². The van der Waals surface area contributed by atoms with Crippen LogP contribution in [0.5, 0.6) is 0 Å². The number of aryl methyl sites for hydroxylation is 1. The summed E-state index contributed by atoms with van der Waals surface area (Å²) in [6.45, 7) is 3.49. The van der Waals surface area contributed by atoms with Crippen molar-refractivity contribution in [1.29, 1.82) is 0 Å². The molecule has 0 heterocycles. The van der Waals surface area contributed by atoms with Gasteiger partial charge in [0.15, 0.2) is 11.6 Å². The smallest absolute Gasteiger partial charge is 0.162 e. The first-order chi connectivity index (χ1) is 6.00. The summed E-state index contributed by atoms with van der Waals surface area (Å²) < 4.78 is 26.0. The number of rotatable bonds is 2. The van der Waals surface area contributed by atoms with Crippen LogP contribution < -0.4 is 5.73 Å². The van der Waals surface area contributed by atoms with Crippen LogP contribution in [-0.2, 0) is 6.42 Å². The Morgan fingerprint density at radius 1 is 1.38 bits per heavy atom. The lowest BCUT2D eigenvalue weighted by atomic mass is 10.0. The fourth-order valence-corrected chi connectivity index (χ4v) is 1.29. The van der Waals surface area contributed by atoms with Crippen LogP contribution in [0.1, 0.15) is 18.1 Å². The molecule has 13 heavy (non-hydrogen) atoms. The minimum absolute atomic E-state index is 0.157. The maximum absolute atomic E-state index is 13.1. The summed E-state index contributed by atoms with van der Waals surface area (Å²) in [6, 6.07) is 2.65. The van der Waals surface area contributed by atoms with E-state index in [4.69, 9.17) is 5.73 Å². The van der Waals surface area contributed by atoms with Gasteiger partial charge in [-0.1, -0.05) is 6.07 Å². The number of benzene rings is 1. The van der Waals surface area contributed by atoms with Crippen LogP contribution in [-0.4, -0.2) is 6.04 Å². The SMILES string of the molecule is Cc1cc(F)c(F)c(CC(C)N)c1. The maximum Gasteiger partial charge on any atom is 0.162 e. The van der Waals surface area contributed by atoms with Gasteiger partial charge < -0.3 is 5.73 Å². The van der Waals surface area contributed by atoms with Crippen molar-refractivity contribution in [2.45, 2.75) is 26.3 Å². The predicted octanol–water partition coefficient (Wildman–Crippen LogP) is 2.16. The maximum atomic E-state index is 13.1. The lowest BCUT2D eigenvalue weighted by Crippen LogP contribution is -2.19. The van der Waals surface area contributed by atoms with E-state index in [9.17, 15) is 8.78 Å². The molecule has 0 saturated carbocycles. The number of hydrogen-bond donors (Lipinski definition) is 1. The number of hydrogen-bond acceptors (Lipinski definition) is 1. The number of halogens is 2. The van der Waals surface area contributed by atoms with Gasteiger partial charge in [-0.2, -0.15) is 0 Å². The van der Waals surface area contributed by atoms with Gasteiger partial charge in [0, 0.05) is 6.04 Å². The quantitative estimate of drug-likeness (QED) is 0.750. The van der Waals surface area contributed by atoms with Crippen molar-refractivity contribution in [3.63, 3.8) is 0 Å². The summed E-state index contributed by atoms with van der Waals surface area (Å²) in [5.74, 6) is -1.57. The zero-order valence-electron chi connectivity index (χ0n) is 7.77. The molecule has 1 rings (SSSR count). The average Bonchev–Trinajstić information content (AvgIpc) is 1.98. The van der Waals surface area contributed by atoms with Crippen LogP contribution in [0.4, 0.5) is 8.78 Å². The molecule has 1 aromatic carbocycles. The molecule has 1 nitrogen and oxygen atoms in total. The van der Waals surface area contributed by atoms with Crippen LogP contribution >= 0.6 is 0 Å². The van der Waals surface area contributed by atoms with Crippen LogP contribution in [0.15, 0.2) is 12.1 Å². The third-order valence-electron chi connectivity index (χ3n) is 1.79. The van der Waals surface area contributed by atoms with Gasteiger partial charge in [-0.15, -0.1) is 0 Å². The molecule has 3 heteroatoms. The van der Waals surface area contributed by atoms with Gasteiger partial charge in [0.2, 0.25) is 0 Å². The van der Waals surface area contributed by atoms with Gasteiger partial charge in [-0.05, 0) is 37.5 Å². The minimum atomic E-state index is -0.796. The molecule has 0 aromatic heterocycles. The Bertz CT molecular complexity index is 308. The summed E-state index contributed by atoms with van der Waals surface area (Å²) in [5.41, 5.74) is 6.58. The first-order valence-electron chi connectivity index (χ1n) is 4.21. The van der Waals surface area contributed by atoms with E-state index in [0.29, 0.717) is 12.0 Å². The van der Waals surface area contributed by atoms with Gasteiger partial charge in [-0.3, -0.25) is 0 Å². The Morgan fingerprint density at radius 3 is 2.54 bits per heavy atom. The second-order valence-corrected chi connectivity index (χ2v) is 3.40. The molecule has 0 bridgehead atoms. The van der Waals surface area contributed by atoms with Crippen molar-refractivity contribution in [2.24, 2.45) is 5.73 Å². The van der Waals surface area contributed by atoms with Crippen LogP contribution in [0, 0.1) is 18.6 Å². The Labute approximate surface area is 76.6 Å². The van der Waals surface area contributed by atoms with E-state index in [0.717, 1.165) is 5.56 Å². The monoisotopic (exact) mass is 185 g/mol. The molecule has 0 spiro atoms. The third-order valence-corrected chi connectivity index (χ3v) is 1.79. The van der Waals surface area contributed by atoms with Gasteiger partial charge in [0.05, 0.1) is 0 Å². The normalized spacial score (nSPS) is 13.0. The summed E-state index contributed by atoms with van der Waals surface area (Å²) in [5, 5.41) is 0. The van der Waals surface area contributed by atoms with Crippen molar-refractivity contribution >= 4 is 0 Å². The highest BCUT2D eigenvalue weighted by atomic mass is 19.2. The molecule has 0 fully saturated rings. The van der Waals surface area contributed by atoms with Gasteiger partial charge >= 0.3 is 0 Å². The highest BCUT2D eigenvalue weighted by Gasteiger charge is 2.10. The molecule has 72 valence electrons. The Morgan fingerprint density at radius 2 is 2.00 bits per heavy atom. The van der Waals surface area contributed by atoms with E-state index in [1.165, 1.54) is 6.07 Å². The second-order valence-electron chi connectivity index (χ2n) is 3.40. The van der Waals surface area contributed by atoms with E-state index >= 15 is 0 Å². The highest BCUT2D eigenvalue weighted by Crippen LogP contribution is 2.15. The van der Waals surface area contributed by atoms with Gasteiger partial charge in [0.1, 0.15) is 0 Å².